The first kappa shape index (κ1) is 18.0. The van der Waals surface area contributed by atoms with Gasteiger partial charge in [-0.05, 0) is 50.2 Å². The zero-order valence-corrected chi connectivity index (χ0v) is 15.8. The maximum Gasteiger partial charge on any atom is 0.256 e. The van der Waals surface area contributed by atoms with E-state index in [1.165, 1.54) is 25.8 Å². The van der Waals surface area contributed by atoms with Gasteiger partial charge in [-0.3, -0.25) is 4.79 Å². The highest BCUT2D eigenvalue weighted by molar-refractivity contribution is 6.03. The van der Waals surface area contributed by atoms with Gasteiger partial charge in [0.2, 0.25) is 0 Å². The Morgan fingerprint density at radius 1 is 1.07 bits per heavy atom. The summed E-state index contributed by atoms with van der Waals surface area (Å²) in [5.74, 6) is 1.52. The molecule has 0 radical (unpaired) electrons. The fraction of sp³-hybridized carbons (Fsp3) is 0.455. The molecule has 1 amide bonds. The Labute approximate surface area is 161 Å². The van der Waals surface area contributed by atoms with Gasteiger partial charge in [-0.25, -0.2) is 4.68 Å². The molecule has 2 aliphatic rings. The number of amides is 1. The highest BCUT2D eigenvalue weighted by Gasteiger charge is 2.25. The predicted octanol–water partition coefficient (Wildman–Crippen LogP) is 4.13. The second-order valence-corrected chi connectivity index (χ2v) is 7.66. The van der Waals surface area contributed by atoms with Crippen LogP contribution in [0.2, 0.25) is 0 Å². The van der Waals surface area contributed by atoms with Crippen molar-refractivity contribution in [1.82, 2.24) is 14.7 Å². The average molecular weight is 364 g/mol. The first-order valence-corrected chi connectivity index (χ1v) is 10.1. The smallest absolute Gasteiger partial charge is 0.256 e. The number of carbonyl (C=O) groups is 1. The molecule has 0 bridgehead atoms. The van der Waals surface area contributed by atoms with Crippen molar-refractivity contribution in [3.63, 3.8) is 0 Å². The fourth-order valence-corrected chi connectivity index (χ4v) is 4.22. The summed E-state index contributed by atoms with van der Waals surface area (Å²) in [7, 11) is 0. The van der Waals surface area contributed by atoms with Crippen molar-refractivity contribution >= 4 is 11.7 Å². The quantitative estimate of drug-likeness (QED) is 0.812. The summed E-state index contributed by atoms with van der Waals surface area (Å²) in [6, 6.07) is 11.6. The summed E-state index contributed by atoms with van der Waals surface area (Å²) in [4.78, 5) is 15.1. The van der Waals surface area contributed by atoms with E-state index in [4.69, 9.17) is 0 Å². The molecule has 1 N–H and O–H groups in total. The second-order valence-electron chi connectivity index (χ2n) is 7.66. The van der Waals surface area contributed by atoms with Crippen molar-refractivity contribution in [2.45, 2.75) is 38.1 Å². The molecule has 1 fully saturated rings. The molecular formula is C22H28N4O. The van der Waals surface area contributed by atoms with Crippen LogP contribution < -0.4 is 5.32 Å². The molecule has 5 nitrogen and oxygen atoms in total. The summed E-state index contributed by atoms with van der Waals surface area (Å²) in [6.07, 6.45) is 12.4. The van der Waals surface area contributed by atoms with Gasteiger partial charge in [-0.2, -0.15) is 5.10 Å². The van der Waals surface area contributed by atoms with Crippen LogP contribution in [0.25, 0.3) is 0 Å². The standard InChI is InChI=1S/C22H28N4O/c27-22(19-9-5-2-6-10-19)24-21-11-14-23-26(21)20-12-15-25(16-13-20)17-18-7-3-1-4-8-18/h1-3,5-6,9-11,14,18,20H,4,7-8,12-13,15-17H2,(H,24,27)/t18-/m0/s1. The lowest BCUT2D eigenvalue weighted by Crippen LogP contribution is -2.38. The molecule has 0 unspecified atom stereocenters. The molecule has 1 aromatic carbocycles. The summed E-state index contributed by atoms with van der Waals surface area (Å²) in [5.41, 5.74) is 0.668. The van der Waals surface area contributed by atoms with E-state index >= 15 is 0 Å². The third-order valence-electron chi connectivity index (χ3n) is 5.74. The molecule has 4 rings (SSSR count). The molecule has 27 heavy (non-hydrogen) atoms. The zero-order valence-electron chi connectivity index (χ0n) is 15.8. The number of piperidine rings is 1. The van der Waals surface area contributed by atoms with E-state index in [1.54, 1.807) is 6.20 Å². The van der Waals surface area contributed by atoms with Gasteiger partial charge in [0.15, 0.2) is 0 Å². The number of hydrogen-bond donors (Lipinski definition) is 1. The van der Waals surface area contributed by atoms with Crippen molar-refractivity contribution in [2.75, 3.05) is 25.0 Å². The lowest BCUT2D eigenvalue weighted by Gasteiger charge is -2.35. The van der Waals surface area contributed by atoms with Gasteiger partial charge in [0.25, 0.3) is 5.91 Å². The molecule has 0 spiro atoms. The normalized spacial score (nSPS) is 21.3. The van der Waals surface area contributed by atoms with E-state index in [0.717, 1.165) is 37.7 Å². The zero-order chi connectivity index (χ0) is 18.5. The Hall–Kier alpha value is -2.40. The number of allylic oxidation sites excluding steroid dienone is 2. The van der Waals surface area contributed by atoms with Crippen LogP contribution in [0.1, 0.15) is 48.5 Å². The van der Waals surface area contributed by atoms with Crippen LogP contribution in [0.3, 0.4) is 0 Å². The molecule has 0 saturated carbocycles. The van der Waals surface area contributed by atoms with Crippen molar-refractivity contribution in [2.24, 2.45) is 5.92 Å². The van der Waals surface area contributed by atoms with Crippen LogP contribution in [0, 0.1) is 5.92 Å². The molecule has 2 heterocycles. The van der Waals surface area contributed by atoms with E-state index in [-0.39, 0.29) is 5.91 Å². The summed E-state index contributed by atoms with van der Waals surface area (Å²) in [5, 5.41) is 7.52. The van der Waals surface area contributed by atoms with Crippen LogP contribution in [0.15, 0.2) is 54.7 Å². The average Bonchev–Trinajstić information content (AvgIpc) is 3.18. The Kier molecular flexibility index (Phi) is 5.68. The number of carbonyl (C=O) groups excluding carboxylic acids is 1. The van der Waals surface area contributed by atoms with Gasteiger partial charge in [-0.15, -0.1) is 0 Å². The minimum absolute atomic E-state index is 0.0832. The van der Waals surface area contributed by atoms with E-state index in [9.17, 15) is 4.79 Å². The number of rotatable bonds is 5. The van der Waals surface area contributed by atoms with E-state index in [1.807, 2.05) is 41.1 Å². The summed E-state index contributed by atoms with van der Waals surface area (Å²) in [6.45, 7) is 3.43. The number of nitrogens with zero attached hydrogens (tertiary/aromatic N) is 3. The number of nitrogens with one attached hydrogen (secondary N) is 1. The minimum atomic E-state index is -0.0832. The number of anilines is 1. The topological polar surface area (TPSA) is 50.2 Å². The van der Waals surface area contributed by atoms with Gasteiger partial charge < -0.3 is 10.2 Å². The van der Waals surface area contributed by atoms with Crippen molar-refractivity contribution in [3.05, 3.63) is 60.3 Å². The molecule has 142 valence electrons. The number of hydrogen-bond acceptors (Lipinski definition) is 3. The van der Waals surface area contributed by atoms with Crippen LogP contribution in [0.5, 0.6) is 0 Å². The Bertz CT molecular complexity index is 775. The largest absolute Gasteiger partial charge is 0.307 e. The Morgan fingerprint density at radius 3 is 2.63 bits per heavy atom. The van der Waals surface area contributed by atoms with Crippen molar-refractivity contribution in [1.29, 1.82) is 0 Å². The molecule has 1 saturated heterocycles. The van der Waals surface area contributed by atoms with Gasteiger partial charge in [0.05, 0.1) is 12.2 Å². The molecule has 1 atom stereocenters. The van der Waals surface area contributed by atoms with E-state index in [0.29, 0.717) is 11.6 Å². The summed E-state index contributed by atoms with van der Waals surface area (Å²) >= 11 is 0. The van der Waals surface area contributed by atoms with Crippen LogP contribution in [-0.2, 0) is 0 Å². The molecule has 5 heteroatoms. The molecule has 2 aromatic rings. The number of likely N-dealkylation sites (tertiary alicyclic amines) is 1. The first-order chi connectivity index (χ1) is 13.3. The van der Waals surface area contributed by atoms with Gasteiger partial charge >= 0.3 is 0 Å². The van der Waals surface area contributed by atoms with Gasteiger partial charge in [0.1, 0.15) is 5.82 Å². The molecule has 1 aliphatic heterocycles. The number of benzene rings is 1. The highest BCUT2D eigenvalue weighted by Crippen LogP contribution is 2.27. The minimum Gasteiger partial charge on any atom is -0.307 e. The van der Waals surface area contributed by atoms with Crippen molar-refractivity contribution < 1.29 is 4.79 Å². The maximum absolute atomic E-state index is 12.5. The van der Waals surface area contributed by atoms with Gasteiger partial charge in [0, 0.05) is 31.3 Å². The fourth-order valence-electron chi connectivity index (χ4n) is 4.22. The second kappa shape index (κ2) is 8.53. The lowest BCUT2D eigenvalue weighted by molar-refractivity contribution is 0.102. The lowest BCUT2D eigenvalue weighted by atomic mass is 9.93. The first-order valence-electron chi connectivity index (χ1n) is 10.1. The summed E-state index contributed by atoms with van der Waals surface area (Å²) < 4.78 is 2.00. The maximum atomic E-state index is 12.5. The van der Waals surface area contributed by atoms with E-state index < -0.39 is 0 Å². The predicted molar refractivity (Wildman–Crippen MR) is 108 cm³/mol. The molecule has 1 aromatic heterocycles. The monoisotopic (exact) mass is 364 g/mol. The van der Waals surface area contributed by atoms with E-state index in [2.05, 4.69) is 27.5 Å². The van der Waals surface area contributed by atoms with Gasteiger partial charge in [-0.1, -0.05) is 30.4 Å². The third kappa shape index (κ3) is 4.48. The SMILES string of the molecule is O=C(Nc1ccnn1C1CCN(C[C@H]2CC=CCC2)CC1)c1ccccc1. The molecule has 1 aliphatic carbocycles. The van der Waals surface area contributed by atoms with Crippen molar-refractivity contribution in [3.8, 4) is 0 Å². The molecular weight excluding hydrogens is 336 g/mol. The Balaban J connectivity index is 1.33. The highest BCUT2D eigenvalue weighted by atomic mass is 16.1. The Morgan fingerprint density at radius 2 is 1.89 bits per heavy atom. The van der Waals surface area contributed by atoms with Crippen LogP contribution in [0.4, 0.5) is 5.82 Å². The van der Waals surface area contributed by atoms with Crippen LogP contribution in [-0.4, -0.2) is 40.2 Å². The number of aromatic nitrogens is 2. The van der Waals surface area contributed by atoms with Crippen LogP contribution >= 0.6 is 0 Å². The third-order valence-corrected chi connectivity index (χ3v) is 5.74.